The monoisotopic (exact) mass is 225 g/mol. The van der Waals surface area contributed by atoms with E-state index in [-0.39, 0.29) is 0 Å². The molecule has 0 amide bonds. The molecule has 2 heterocycles. The summed E-state index contributed by atoms with van der Waals surface area (Å²) < 4.78 is 5.73. The van der Waals surface area contributed by atoms with Gasteiger partial charge in [-0.3, -0.25) is 0 Å². The Morgan fingerprint density at radius 2 is 1.94 bits per heavy atom. The molecule has 4 atom stereocenters. The Kier molecular flexibility index (Phi) is 4.66. The first-order valence-corrected chi connectivity index (χ1v) is 7.09. The van der Waals surface area contributed by atoms with Gasteiger partial charge in [-0.2, -0.15) is 0 Å². The van der Waals surface area contributed by atoms with Crippen molar-refractivity contribution in [2.45, 2.75) is 64.5 Å². The number of rotatable bonds is 3. The van der Waals surface area contributed by atoms with Gasteiger partial charge in [-0.25, -0.2) is 0 Å². The average molecular weight is 225 g/mol. The molecule has 0 aromatic rings. The first-order valence-electron chi connectivity index (χ1n) is 7.09. The molecule has 2 fully saturated rings. The Balaban J connectivity index is 1.60. The highest BCUT2D eigenvalue weighted by molar-refractivity contribution is 4.77. The van der Waals surface area contributed by atoms with Crippen LogP contribution in [0.2, 0.25) is 0 Å². The van der Waals surface area contributed by atoms with E-state index in [9.17, 15) is 0 Å². The van der Waals surface area contributed by atoms with E-state index in [2.05, 4.69) is 19.2 Å². The smallest absolute Gasteiger partial charge is 0.0547 e. The third-order valence-corrected chi connectivity index (χ3v) is 4.28. The van der Waals surface area contributed by atoms with Crippen LogP contribution in [0.15, 0.2) is 0 Å². The number of hydrogen-bond acceptors (Lipinski definition) is 2. The van der Waals surface area contributed by atoms with Crippen LogP contribution >= 0.6 is 0 Å². The maximum Gasteiger partial charge on any atom is 0.0547 e. The molecule has 0 radical (unpaired) electrons. The van der Waals surface area contributed by atoms with Crippen LogP contribution in [0, 0.1) is 11.8 Å². The molecule has 0 spiro atoms. The van der Waals surface area contributed by atoms with Crippen molar-refractivity contribution >= 4 is 0 Å². The molecule has 0 aromatic carbocycles. The summed E-state index contributed by atoms with van der Waals surface area (Å²) in [6.45, 7) is 6.77. The van der Waals surface area contributed by atoms with E-state index in [1.807, 2.05) is 0 Å². The van der Waals surface area contributed by atoms with Crippen LogP contribution in [0.25, 0.3) is 0 Å². The fourth-order valence-electron chi connectivity index (χ4n) is 2.91. The minimum atomic E-state index is 0.505. The molecule has 2 rings (SSSR count). The zero-order chi connectivity index (χ0) is 11.4. The molecular weight excluding hydrogens is 198 g/mol. The molecule has 1 N–H and O–H groups in total. The van der Waals surface area contributed by atoms with E-state index in [1.54, 1.807) is 0 Å². The van der Waals surface area contributed by atoms with Crippen LogP contribution in [-0.4, -0.2) is 25.3 Å². The lowest BCUT2D eigenvalue weighted by molar-refractivity contribution is -0.00843. The molecule has 16 heavy (non-hydrogen) atoms. The quantitative estimate of drug-likeness (QED) is 0.797. The Bertz CT molecular complexity index is 169. The molecule has 0 bridgehead atoms. The maximum atomic E-state index is 5.73. The summed E-state index contributed by atoms with van der Waals surface area (Å²) >= 11 is 0. The SMILES string of the molecule is CC1CCC(CCC2CCC(C)OC2)NC1. The average Bonchev–Trinajstić information content (AvgIpc) is 2.30. The number of ether oxygens (including phenoxy) is 1. The largest absolute Gasteiger partial charge is 0.378 e. The van der Waals surface area contributed by atoms with E-state index in [0.29, 0.717) is 6.10 Å². The molecule has 2 aliphatic heterocycles. The molecule has 2 heteroatoms. The molecule has 0 aliphatic carbocycles. The summed E-state index contributed by atoms with van der Waals surface area (Å²) in [5, 5.41) is 3.68. The minimum absolute atomic E-state index is 0.505. The summed E-state index contributed by atoms with van der Waals surface area (Å²) in [6.07, 6.45) is 8.66. The van der Waals surface area contributed by atoms with E-state index in [0.717, 1.165) is 24.5 Å². The standard InChI is InChI=1S/C14H27NO/c1-11-3-7-14(15-9-11)8-6-13-5-4-12(2)16-10-13/h11-15H,3-10H2,1-2H3. The lowest BCUT2D eigenvalue weighted by Gasteiger charge is -2.31. The Labute approximate surface area is 100 Å². The second-order valence-electron chi connectivity index (χ2n) is 5.95. The van der Waals surface area contributed by atoms with Crippen LogP contribution in [0.4, 0.5) is 0 Å². The van der Waals surface area contributed by atoms with E-state index in [4.69, 9.17) is 4.74 Å². The first-order chi connectivity index (χ1) is 7.74. The highest BCUT2D eigenvalue weighted by Gasteiger charge is 2.21. The zero-order valence-electron chi connectivity index (χ0n) is 10.9. The molecule has 0 aromatic heterocycles. The number of hydrogen-bond donors (Lipinski definition) is 1. The van der Waals surface area contributed by atoms with Crippen molar-refractivity contribution in [1.29, 1.82) is 0 Å². The highest BCUT2D eigenvalue weighted by Crippen LogP contribution is 2.25. The van der Waals surface area contributed by atoms with Gasteiger partial charge in [0.2, 0.25) is 0 Å². The van der Waals surface area contributed by atoms with Crippen LogP contribution < -0.4 is 5.32 Å². The predicted molar refractivity (Wildman–Crippen MR) is 67.6 cm³/mol. The van der Waals surface area contributed by atoms with Gasteiger partial charge < -0.3 is 10.1 Å². The van der Waals surface area contributed by atoms with Gasteiger partial charge >= 0.3 is 0 Å². The van der Waals surface area contributed by atoms with E-state index in [1.165, 1.54) is 45.1 Å². The van der Waals surface area contributed by atoms with Crippen molar-refractivity contribution in [3.8, 4) is 0 Å². The first kappa shape index (κ1) is 12.4. The molecule has 94 valence electrons. The second-order valence-corrected chi connectivity index (χ2v) is 5.95. The summed E-state index contributed by atoms with van der Waals surface area (Å²) in [5.41, 5.74) is 0. The van der Waals surface area contributed by atoms with Gasteiger partial charge in [0.25, 0.3) is 0 Å². The van der Waals surface area contributed by atoms with Gasteiger partial charge in [0, 0.05) is 12.6 Å². The van der Waals surface area contributed by atoms with Gasteiger partial charge in [-0.15, -0.1) is 0 Å². The van der Waals surface area contributed by atoms with Crippen molar-refractivity contribution in [3.63, 3.8) is 0 Å². The molecule has 2 nitrogen and oxygen atoms in total. The van der Waals surface area contributed by atoms with Crippen LogP contribution in [0.5, 0.6) is 0 Å². The Morgan fingerprint density at radius 1 is 1.06 bits per heavy atom. The molecule has 0 saturated carbocycles. The van der Waals surface area contributed by atoms with Crippen molar-refractivity contribution in [2.75, 3.05) is 13.2 Å². The topological polar surface area (TPSA) is 21.3 Å². The van der Waals surface area contributed by atoms with Gasteiger partial charge in [-0.1, -0.05) is 6.92 Å². The molecular formula is C14H27NO. The summed E-state index contributed by atoms with van der Waals surface area (Å²) in [4.78, 5) is 0. The van der Waals surface area contributed by atoms with E-state index < -0.39 is 0 Å². The van der Waals surface area contributed by atoms with Gasteiger partial charge in [0.05, 0.1) is 6.10 Å². The van der Waals surface area contributed by atoms with Crippen molar-refractivity contribution in [3.05, 3.63) is 0 Å². The highest BCUT2D eigenvalue weighted by atomic mass is 16.5. The molecule has 2 aliphatic rings. The predicted octanol–water partition coefficient (Wildman–Crippen LogP) is 2.97. The fourth-order valence-corrected chi connectivity index (χ4v) is 2.91. The van der Waals surface area contributed by atoms with Crippen LogP contribution in [0.3, 0.4) is 0 Å². The van der Waals surface area contributed by atoms with Gasteiger partial charge in [0.15, 0.2) is 0 Å². The second kappa shape index (κ2) is 6.02. The molecule has 2 saturated heterocycles. The third-order valence-electron chi connectivity index (χ3n) is 4.28. The minimum Gasteiger partial charge on any atom is -0.378 e. The number of piperidine rings is 1. The summed E-state index contributed by atoms with van der Waals surface area (Å²) in [7, 11) is 0. The fraction of sp³-hybridized carbons (Fsp3) is 1.00. The zero-order valence-corrected chi connectivity index (χ0v) is 10.9. The lowest BCUT2D eigenvalue weighted by Crippen LogP contribution is -2.38. The van der Waals surface area contributed by atoms with Crippen molar-refractivity contribution in [2.24, 2.45) is 11.8 Å². The maximum absolute atomic E-state index is 5.73. The van der Waals surface area contributed by atoms with Gasteiger partial charge in [0.1, 0.15) is 0 Å². The lowest BCUT2D eigenvalue weighted by atomic mass is 9.89. The Hall–Kier alpha value is -0.0800. The van der Waals surface area contributed by atoms with Gasteiger partial charge in [-0.05, 0) is 63.8 Å². The van der Waals surface area contributed by atoms with Crippen LogP contribution in [-0.2, 0) is 4.74 Å². The van der Waals surface area contributed by atoms with Crippen molar-refractivity contribution < 1.29 is 4.74 Å². The summed E-state index contributed by atoms with van der Waals surface area (Å²) in [5.74, 6) is 1.72. The van der Waals surface area contributed by atoms with Crippen molar-refractivity contribution in [1.82, 2.24) is 5.32 Å². The normalized spacial score (nSPS) is 40.9. The molecule has 4 unspecified atom stereocenters. The summed E-state index contributed by atoms with van der Waals surface area (Å²) in [6, 6.07) is 0.788. The third kappa shape index (κ3) is 3.74. The Morgan fingerprint density at radius 3 is 2.56 bits per heavy atom. The van der Waals surface area contributed by atoms with E-state index >= 15 is 0 Å². The van der Waals surface area contributed by atoms with Crippen LogP contribution in [0.1, 0.15) is 52.4 Å². The number of nitrogens with one attached hydrogen (secondary N) is 1.